The summed E-state index contributed by atoms with van der Waals surface area (Å²) >= 11 is 1.25. The second-order valence-corrected chi connectivity index (χ2v) is 10.4. The van der Waals surface area contributed by atoms with Crippen molar-refractivity contribution in [3.05, 3.63) is 109 Å². The molecule has 0 amide bonds. The quantitative estimate of drug-likeness (QED) is 0.288. The lowest BCUT2D eigenvalue weighted by Crippen LogP contribution is -2.40. The number of ether oxygens (including phenoxy) is 5. The fraction of sp³-hybridized carbons (Fsp3) is 0.219. The lowest BCUT2D eigenvalue weighted by atomic mass is 9.93. The minimum absolute atomic E-state index is 0.100. The first kappa shape index (κ1) is 27.3. The number of carbonyl (C=O) groups is 1. The fourth-order valence-corrected chi connectivity index (χ4v) is 6.04. The van der Waals surface area contributed by atoms with Gasteiger partial charge in [-0.1, -0.05) is 53.8 Å². The molecule has 0 fully saturated rings. The predicted octanol–water partition coefficient (Wildman–Crippen LogP) is 4.07. The van der Waals surface area contributed by atoms with Gasteiger partial charge in [0.1, 0.15) is 0 Å². The number of hydrogen-bond acceptors (Lipinski definition) is 9. The van der Waals surface area contributed by atoms with Crippen molar-refractivity contribution in [3.8, 4) is 23.0 Å². The largest absolute Gasteiger partial charge is 0.493 e. The van der Waals surface area contributed by atoms with E-state index >= 15 is 0 Å². The van der Waals surface area contributed by atoms with Crippen molar-refractivity contribution in [2.24, 2.45) is 4.99 Å². The lowest BCUT2D eigenvalue weighted by Gasteiger charge is -2.26. The number of aromatic nitrogens is 1. The van der Waals surface area contributed by atoms with Gasteiger partial charge in [-0.2, -0.15) is 0 Å². The number of nitrogens with zero attached hydrogens (tertiary/aromatic N) is 2. The first-order valence-corrected chi connectivity index (χ1v) is 14.3. The molecule has 0 spiro atoms. The number of fused-ring (bicyclic) bond motifs is 2. The molecule has 6 rings (SSSR count). The normalized spacial score (nSPS) is 15.7. The molecule has 0 N–H and O–H groups in total. The summed E-state index contributed by atoms with van der Waals surface area (Å²) < 4.78 is 29.8. The predicted molar refractivity (Wildman–Crippen MR) is 158 cm³/mol. The van der Waals surface area contributed by atoms with Crippen molar-refractivity contribution in [2.75, 3.05) is 27.1 Å². The second kappa shape index (κ2) is 11.6. The maximum absolute atomic E-state index is 14.1. The Morgan fingerprint density at radius 1 is 1.02 bits per heavy atom. The van der Waals surface area contributed by atoms with Gasteiger partial charge in [-0.05, 0) is 55.3 Å². The average Bonchev–Trinajstić information content (AvgIpc) is 3.60. The maximum Gasteiger partial charge on any atom is 0.338 e. The molecule has 214 valence electrons. The Balaban J connectivity index is 1.60. The van der Waals surface area contributed by atoms with Gasteiger partial charge in [0.2, 0.25) is 6.79 Å². The molecule has 1 aromatic heterocycles. The van der Waals surface area contributed by atoms with Crippen molar-refractivity contribution < 1.29 is 28.5 Å². The van der Waals surface area contributed by atoms with Crippen LogP contribution in [0.2, 0.25) is 0 Å². The van der Waals surface area contributed by atoms with E-state index in [9.17, 15) is 9.59 Å². The average molecular weight is 585 g/mol. The molecule has 2 aliphatic heterocycles. The van der Waals surface area contributed by atoms with E-state index in [2.05, 4.69) is 0 Å². The highest BCUT2D eigenvalue weighted by Crippen LogP contribution is 2.40. The first-order valence-electron chi connectivity index (χ1n) is 13.5. The van der Waals surface area contributed by atoms with Gasteiger partial charge in [-0.3, -0.25) is 9.36 Å². The highest BCUT2D eigenvalue weighted by Gasteiger charge is 2.36. The number of benzene rings is 3. The zero-order valence-electron chi connectivity index (χ0n) is 23.3. The molecular weight excluding hydrogens is 556 g/mol. The highest BCUT2D eigenvalue weighted by molar-refractivity contribution is 7.07. The first-order chi connectivity index (χ1) is 20.5. The Labute approximate surface area is 245 Å². The Kier molecular flexibility index (Phi) is 7.54. The van der Waals surface area contributed by atoms with Gasteiger partial charge in [-0.15, -0.1) is 0 Å². The number of carbonyl (C=O) groups excluding carboxylic acids is 1. The van der Waals surface area contributed by atoms with Crippen LogP contribution in [0.5, 0.6) is 23.0 Å². The van der Waals surface area contributed by atoms with Crippen LogP contribution in [0.25, 0.3) is 11.8 Å². The molecule has 0 radical (unpaired) electrons. The Morgan fingerprint density at radius 2 is 1.83 bits per heavy atom. The monoisotopic (exact) mass is 584 g/mol. The van der Waals surface area contributed by atoms with E-state index in [1.807, 2.05) is 55.5 Å². The van der Waals surface area contributed by atoms with E-state index in [0.29, 0.717) is 50.2 Å². The van der Waals surface area contributed by atoms with Crippen LogP contribution in [-0.4, -0.2) is 37.7 Å². The van der Waals surface area contributed by atoms with Crippen molar-refractivity contribution in [3.63, 3.8) is 0 Å². The van der Waals surface area contributed by atoms with Crippen LogP contribution in [0, 0.1) is 0 Å². The third kappa shape index (κ3) is 4.94. The zero-order chi connectivity index (χ0) is 29.2. The second-order valence-electron chi connectivity index (χ2n) is 9.39. The summed E-state index contributed by atoms with van der Waals surface area (Å²) in [6, 6.07) is 19.5. The molecule has 0 saturated heterocycles. The molecule has 42 heavy (non-hydrogen) atoms. The summed E-state index contributed by atoms with van der Waals surface area (Å²) in [5.41, 5.74) is 2.60. The number of thiazole rings is 1. The maximum atomic E-state index is 14.1. The van der Waals surface area contributed by atoms with Gasteiger partial charge in [0.15, 0.2) is 27.8 Å². The summed E-state index contributed by atoms with van der Waals surface area (Å²) in [6.07, 6.45) is 1.79. The third-order valence-electron chi connectivity index (χ3n) is 6.87. The summed E-state index contributed by atoms with van der Waals surface area (Å²) in [7, 11) is 1.58. The topological polar surface area (TPSA) is 97.6 Å². The van der Waals surface area contributed by atoms with Crippen LogP contribution in [0.4, 0.5) is 0 Å². The van der Waals surface area contributed by atoms with E-state index in [4.69, 9.17) is 28.7 Å². The van der Waals surface area contributed by atoms with Gasteiger partial charge in [0, 0.05) is 5.56 Å². The molecule has 1 atom stereocenters. The number of hydrogen-bond donors (Lipinski definition) is 0. The Hall–Kier alpha value is -4.83. The van der Waals surface area contributed by atoms with Crippen LogP contribution in [0.3, 0.4) is 0 Å². The Bertz CT molecular complexity index is 1870. The standard InChI is InChI=1S/C32H28N2O7S/c1-4-38-24-15-19(11-13-22(24)37-3)16-26-30(35)34-29(21-12-14-23-25(17-21)41-18-40-23)27(31(36)39-5-2)28(33-32(34)42-26)20-9-7-6-8-10-20/h6-17,29H,4-5,18H2,1-3H3/b26-16-. The van der Waals surface area contributed by atoms with E-state index in [-0.39, 0.29) is 24.5 Å². The molecule has 3 aromatic carbocycles. The van der Waals surface area contributed by atoms with Gasteiger partial charge >= 0.3 is 5.97 Å². The van der Waals surface area contributed by atoms with Crippen LogP contribution in [-0.2, 0) is 9.53 Å². The molecule has 2 aliphatic rings. The van der Waals surface area contributed by atoms with Gasteiger partial charge in [0.25, 0.3) is 5.56 Å². The van der Waals surface area contributed by atoms with Gasteiger partial charge in [-0.25, -0.2) is 9.79 Å². The van der Waals surface area contributed by atoms with E-state index in [1.54, 1.807) is 42.9 Å². The van der Waals surface area contributed by atoms with Crippen molar-refractivity contribution in [1.82, 2.24) is 4.57 Å². The smallest absolute Gasteiger partial charge is 0.338 e. The molecule has 4 aromatic rings. The molecule has 0 aliphatic carbocycles. The molecule has 0 bridgehead atoms. The van der Waals surface area contributed by atoms with Crippen molar-refractivity contribution in [1.29, 1.82) is 0 Å². The summed E-state index contributed by atoms with van der Waals surface area (Å²) in [4.78, 5) is 33.1. The third-order valence-corrected chi connectivity index (χ3v) is 7.85. The zero-order valence-corrected chi connectivity index (χ0v) is 24.1. The van der Waals surface area contributed by atoms with Gasteiger partial charge < -0.3 is 23.7 Å². The molecule has 9 nitrogen and oxygen atoms in total. The molecule has 3 heterocycles. The number of esters is 1. The number of rotatable bonds is 8. The lowest BCUT2D eigenvalue weighted by molar-refractivity contribution is -0.138. The molecular formula is C32H28N2O7S. The van der Waals surface area contributed by atoms with Crippen molar-refractivity contribution >= 4 is 29.1 Å². The minimum atomic E-state index is -0.818. The minimum Gasteiger partial charge on any atom is -0.493 e. The van der Waals surface area contributed by atoms with Crippen molar-refractivity contribution in [2.45, 2.75) is 19.9 Å². The van der Waals surface area contributed by atoms with Crippen LogP contribution >= 0.6 is 11.3 Å². The van der Waals surface area contributed by atoms with E-state index in [0.717, 1.165) is 11.1 Å². The van der Waals surface area contributed by atoms with E-state index < -0.39 is 12.0 Å². The van der Waals surface area contributed by atoms with Gasteiger partial charge in [0.05, 0.1) is 42.2 Å². The van der Waals surface area contributed by atoms with Crippen LogP contribution in [0.15, 0.2) is 82.1 Å². The summed E-state index contributed by atoms with van der Waals surface area (Å²) in [5.74, 6) is 1.77. The van der Waals surface area contributed by atoms with E-state index in [1.165, 1.54) is 11.3 Å². The Morgan fingerprint density at radius 3 is 2.60 bits per heavy atom. The van der Waals surface area contributed by atoms with Crippen LogP contribution < -0.4 is 33.8 Å². The summed E-state index contributed by atoms with van der Waals surface area (Å²) in [5, 5.41) is 0. The van der Waals surface area contributed by atoms with Crippen LogP contribution in [0.1, 0.15) is 36.6 Å². The fourth-order valence-electron chi connectivity index (χ4n) is 5.04. The summed E-state index contributed by atoms with van der Waals surface area (Å²) in [6.45, 7) is 4.38. The molecule has 10 heteroatoms. The SMILES string of the molecule is CCOC(=O)C1=C(c2ccccc2)N=c2s/c(=C\c3ccc(OC)c(OCC)c3)c(=O)n2C1c1ccc2c(c1)OCO2. The highest BCUT2D eigenvalue weighted by atomic mass is 32.1. The molecule has 1 unspecified atom stereocenters. The number of methoxy groups -OCH3 is 1. The molecule has 0 saturated carbocycles.